The van der Waals surface area contributed by atoms with Gasteiger partial charge in [-0.1, -0.05) is 0 Å². The molecular formula is C17H27F3IN5O2. The number of hydrogen-bond acceptors (Lipinski definition) is 4. The summed E-state index contributed by atoms with van der Waals surface area (Å²) in [7, 11) is 3.03. The van der Waals surface area contributed by atoms with E-state index < -0.39 is 24.0 Å². The van der Waals surface area contributed by atoms with Crippen LogP contribution in [-0.2, 0) is 17.4 Å². The van der Waals surface area contributed by atoms with Crippen molar-refractivity contribution in [2.24, 2.45) is 17.5 Å². The topological polar surface area (TPSA) is 74.9 Å². The molecule has 2 N–H and O–H groups in total. The minimum absolute atomic E-state index is 0. The Labute approximate surface area is 179 Å². The minimum Gasteiger partial charge on any atom is -0.381 e. The number of likely N-dealkylation sites (tertiary alicyclic amines) is 1. The number of aryl methyl sites for hydroxylation is 1. The van der Waals surface area contributed by atoms with Crippen LogP contribution in [0.25, 0.3) is 0 Å². The first kappa shape index (κ1) is 23.2. The summed E-state index contributed by atoms with van der Waals surface area (Å²) in [5.41, 5.74) is -2.90. The van der Waals surface area contributed by atoms with Gasteiger partial charge in [-0.15, -0.1) is 24.0 Å². The highest BCUT2D eigenvalue weighted by molar-refractivity contribution is 14.0. The fourth-order valence-corrected chi connectivity index (χ4v) is 3.92. The molecule has 7 nitrogen and oxygen atoms in total. The number of alkyl halides is 3. The predicted molar refractivity (Wildman–Crippen MR) is 109 cm³/mol. The Bertz CT molecular complexity index is 691. The molecule has 0 radical (unpaired) electrons. The highest BCUT2D eigenvalue weighted by Gasteiger charge is 2.57. The van der Waals surface area contributed by atoms with E-state index in [-0.39, 0.29) is 35.9 Å². The van der Waals surface area contributed by atoms with Gasteiger partial charge in [0.05, 0.1) is 6.61 Å². The molecule has 3 rings (SSSR count). The third-order valence-corrected chi connectivity index (χ3v) is 5.56. The average Bonchev–Trinajstić information content (AvgIpc) is 3.34. The van der Waals surface area contributed by atoms with E-state index in [0.717, 1.165) is 32.5 Å². The average molecular weight is 517 g/mol. The van der Waals surface area contributed by atoms with Crippen molar-refractivity contribution in [3.8, 4) is 0 Å². The second-order valence-corrected chi connectivity index (χ2v) is 7.42. The molecule has 2 atom stereocenters. The summed E-state index contributed by atoms with van der Waals surface area (Å²) in [6.07, 6.45) is -0.808. The lowest BCUT2D eigenvalue weighted by Crippen LogP contribution is -2.48. The Morgan fingerprint density at radius 3 is 2.71 bits per heavy atom. The number of aromatic nitrogens is 2. The molecule has 1 spiro atoms. The molecule has 0 amide bonds. The number of rotatable bonds is 4. The van der Waals surface area contributed by atoms with Gasteiger partial charge in [-0.25, -0.2) is 4.98 Å². The lowest BCUT2D eigenvalue weighted by molar-refractivity contribution is -0.272. The summed E-state index contributed by atoms with van der Waals surface area (Å²) in [6, 6.07) is 0. The lowest BCUT2D eigenvalue weighted by atomic mass is 9.87. The van der Waals surface area contributed by atoms with E-state index in [1.807, 2.05) is 4.90 Å². The number of aliphatic imine (C=N–C) groups is 1. The van der Waals surface area contributed by atoms with Crippen LogP contribution >= 0.6 is 24.0 Å². The number of ether oxygens (including phenoxy) is 1. The number of hydrogen-bond donors (Lipinski definition) is 2. The van der Waals surface area contributed by atoms with Crippen LogP contribution in [0.4, 0.5) is 13.2 Å². The van der Waals surface area contributed by atoms with Crippen LogP contribution in [-0.4, -0.2) is 71.6 Å². The van der Waals surface area contributed by atoms with E-state index in [2.05, 4.69) is 15.3 Å². The van der Waals surface area contributed by atoms with E-state index in [1.54, 1.807) is 7.05 Å². The molecule has 2 saturated heterocycles. The van der Waals surface area contributed by atoms with E-state index in [1.165, 1.54) is 24.0 Å². The van der Waals surface area contributed by atoms with Crippen molar-refractivity contribution < 1.29 is 23.0 Å². The van der Waals surface area contributed by atoms with Crippen molar-refractivity contribution in [1.29, 1.82) is 0 Å². The van der Waals surface area contributed by atoms with Crippen molar-refractivity contribution in [1.82, 2.24) is 19.8 Å². The van der Waals surface area contributed by atoms with Gasteiger partial charge in [-0.3, -0.25) is 4.99 Å². The van der Waals surface area contributed by atoms with Gasteiger partial charge in [0.2, 0.25) is 5.60 Å². The first-order valence-corrected chi connectivity index (χ1v) is 9.01. The molecule has 160 valence electrons. The van der Waals surface area contributed by atoms with Gasteiger partial charge in [0.15, 0.2) is 5.96 Å². The van der Waals surface area contributed by atoms with E-state index in [0.29, 0.717) is 12.6 Å². The maximum Gasteiger partial charge on any atom is 0.424 e. The summed E-state index contributed by atoms with van der Waals surface area (Å²) in [4.78, 5) is 9.95. The molecule has 1 aromatic rings. The number of nitrogens with zero attached hydrogens (tertiary/aromatic N) is 4. The standard InChI is InChI=1S/C17H26F3N5O2.HI/c1-21-14(25-8-4-15(11-25)5-10-27-12-15)23-6-3-16(26,17(18,19)20)13-22-7-9-24(13)2;/h7,9,26H,3-6,8,10-12H2,1-2H3,(H,21,23);1H. The SMILES string of the molecule is CN=C(NCCC(O)(c1nccn1C)C(F)(F)F)N1CCC2(CCOC2)C1.I. The number of guanidine groups is 1. The Morgan fingerprint density at radius 2 is 2.18 bits per heavy atom. The van der Waals surface area contributed by atoms with E-state index >= 15 is 0 Å². The van der Waals surface area contributed by atoms with Crippen LogP contribution in [0, 0.1) is 5.41 Å². The Balaban J connectivity index is 0.00000280. The van der Waals surface area contributed by atoms with Crippen molar-refractivity contribution in [2.75, 3.05) is 39.9 Å². The van der Waals surface area contributed by atoms with Crippen molar-refractivity contribution in [2.45, 2.75) is 31.0 Å². The highest BCUT2D eigenvalue weighted by Crippen LogP contribution is 2.41. The quantitative estimate of drug-likeness (QED) is 0.363. The normalized spacial score (nSPS) is 25.1. The Morgan fingerprint density at radius 1 is 1.43 bits per heavy atom. The molecule has 0 aromatic carbocycles. The molecule has 1 aromatic heterocycles. The van der Waals surface area contributed by atoms with E-state index in [9.17, 15) is 18.3 Å². The van der Waals surface area contributed by atoms with Crippen molar-refractivity contribution in [3.05, 3.63) is 18.2 Å². The summed E-state index contributed by atoms with van der Waals surface area (Å²) >= 11 is 0. The lowest BCUT2D eigenvalue weighted by Gasteiger charge is -2.31. The van der Waals surface area contributed by atoms with Gasteiger partial charge in [0.1, 0.15) is 5.82 Å². The first-order valence-electron chi connectivity index (χ1n) is 9.01. The summed E-state index contributed by atoms with van der Waals surface area (Å²) in [5.74, 6) is 0.123. The van der Waals surface area contributed by atoms with Crippen LogP contribution in [0.3, 0.4) is 0 Å². The van der Waals surface area contributed by atoms with Gasteiger partial charge >= 0.3 is 6.18 Å². The number of imidazole rings is 1. The molecule has 2 fully saturated rings. The molecule has 0 bridgehead atoms. The van der Waals surface area contributed by atoms with Crippen LogP contribution in [0.2, 0.25) is 0 Å². The number of aliphatic hydroxyl groups is 1. The van der Waals surface area contributed by atoms with Gasteiger partial charge in [0.25, 0.3) is 0 Å². The minimum atomic E-state index is -4.84. The summed E-state index contributed by atoms with van der Waals surface area (Å²) in [6.45, 7) is 2.94. The fourth-order valence-electron chi connectivity index (χ4n) is 3.92. The van der Waals surface area contributed by atoms with Crippen LogP contribution in [0.5, 0.6) is 0 Å². The molecular weight excluding hydrogens is 490 g/mol. The maximum atomic E-state index is 13.6. The fraction of sp³-hybridized carbons (Fsp3) is 0.765. The molecule has 2 unspecified atom stereocenters. The molecule has 11 heteroatoms. The molecule has 3 heterocycles. The molecule has 0 saturated carbocycles. The second kappa shape index (κ2) is 8.74. The zero-order chi connectivity index (χ0) is 19.7. The number of halogens is 4. The predicted octanol–water partition coefficient (Wildman–Crippen LogP) is 1.87. The maximum absolute atomic E-state index is 13.6. The van der Waals surface area contributed by atoms with Crippen LogP contribution in [0.15, 0.2) is 17.4 Å². The molecule has 28 heavy (non-hydrogen) atoms. The smallest absolute Gasteiger partial charge is 0.381 e. The monoisotopic (exact) mass is 517 g/mol. The third-order valence-electron chi connectivity index (χ3n) is 5.56. The van der Waals surface area contributed by atoms with Gasteiger partial charge in [-0.2, -0.15) is 13.2 Å². The zero-order valence-corrected chi connectivity index (χ0v) is 18.3. The molecule has 2 aliphatic heterocycles. The van der Waals surface area contributed by atoms with Crippen molar-refractivity contribution in [3.63, 3.8) is 0 Å². The summed E-state index contributed by atoms with van der Waals surface area (Å²) < 4.78 is 47.4. The first-order chi connectivity index (χ1) is 12.7. The van der Waals surface area contributed by atoms with Crippen molar-refractivity contribution >= 4 is 29.9 Å². The van der Waals surface area contributed by atoms with Crippen LogP contribution < -0.4 is 5.32 Å². The van der Waals surface area contributed by atoms with Gasteiger partial charge in [0, 0.05) is 64.6 Å². The third kappa shape index (κ3) is 4.40. The second-order valence-electron chi connectivity index (χ2n) is 7.42. The highest BCUT2D eigenvalue weighted by atomic mass is 127. The Hall–Kier alpha value is -1.08. The molecule has 0 aliphatic carbocycles. The van der Waals surface area contributed by atoms with Crippen LogP contribution in [0.1, 0.15) is 25.1 Å². The number of nitrogens with one attached hydrogen (secondary N) is 1. The Kier molecular flexibility index (Phi) is 7.24. The molecule has 2 aliphatic rings. The van der Waals surface area contributed by atoms with Gasteiger partial charge < -0.3 is 24.6 Å². The summed E-state index contributed by atoms with van der Waals surface area (Å²) in [5, 5.41) is 13.4. The van der Waals surface area contributed by atoms with Gasteiger partial charge in [-0.05, 0) is 12.8 Å². The van der Waals surface area contributed by atoms with E-state index in [4.69, 9.17) is 4.74 Å². The largest absolute Gasteiger partial charge is 0.424 e. The zero-order valence-electron chi connectivity index (χ0n) is 16.0.